The molecule has 1 unspecified atom stereocenters. The summed E-state index contributed by atoms with van der Waals surface area (Å²) in [6.07, 6.45) is 1.91. The topological polar surface area (TPSA) is 107 Å². The fraction of sp³-hybridized carbons (Fsp3) is 0.161. The lowest BCUT2D eigenvalue weighted by Gasteiger charge is -2.12. The van der Waals surface area contributed by atoms with E-state index in [1.165, 1.54) is 0 Å². The van der Waals surface area contributed by atoms with E-state index in [2.05, 4.69) is 15.3 Å². The Morgan fingerprint density at radius 2 is 1.61 bits per heavy atom. The van der Waals surface area contributed by atoms with Gasteiger partial charge in [0.1, 0.15) is 0 Å². The first-order valence-electron chi connectivity index (χ1n) is 12.6. The quantitative estimate of drug-likeness (QED) is 0.176. The molecule has 7 nitrogen and oxygen atoms in total. The number of nitrogens with one attached hydrogen (secondary N) is 3. The van der Waals surface area contributed by atoms with Crippen molar-refractivity contribution in [3.63, 3.8) is 0 Å². The highest BCUT2D eigenvalue weighted by Gasteiger charge is 2.35. The van der Waals surface area contributed by atoms with Crippen LogP contribution in [0.1, 0.15) is 34.4 Å². The lowest BCUT2D eigenvalue weighted by Crippen LogP contribution is -2.22. The van der Waals surface area contributed by atoms with Gasteiger partial charge in [0.05, 0.1) is 17.8 Å². The zero-order valence-corrected chi connectivity index (χ0v) is 20.9. The summed E-state index contributed by atoms with van der Waals surface area (Å²) in [6.45, 7) is 2.25. The maximum atomic E-state index is 13.1. The van der Waals surface area contributed by atoms with Crippen molar-refractivity contribution >= 4 is 44.8 Å². The molecule has 1 aliphatic heterocycles. The third-order valence-electron chi connectivity index (χ3n) is 7.06. The largest absolute Gasteiger partial charge is 0.368 e. The second-order valence-electron chi connectivity index (χ2n) is 9.58. The average Bonchev–Trinajstić information content (AvgIpc) is 3.57. The molecule has 2 aromatic heterocycles. The van der Waals surface area contributed by atoms with E-state index in [0.29, 0.717) is 36.2 Å². The smallest absolute Gasteiger partial charge is 0.259 e. The number of carbonyl (C=O) groups is 2. The zero-order chi connectivity index (χ0) is 26.2. The minimum absolute atomic E-state index is 0.344. The molecular weight excluding hydrogens is 478 g/mol. The van der Waals surface area contributed by atoms with E-state index in [1.54, 1.807) is 6.20 Å². The van der Waals surface area contributed by atoms with E-state index >= 15 is 0 Å². The number of aliphatic hydroxyl groups is 1. The molecule has 0 spiro atoms. The number of fused-ring (bicyclic) bond motifs is 2. The van der Waals surface area contributed by atoms with Crippen LogP contribution in [0.4, 0.5) is 0 Å². The van der Waals surface area contributed by atoms with Crippen LogP contribution in [0.25, 0.3) is 33.0 Å². The number of hydrogen-bond acceptors (Lipinski definition) is 4. The van der Waals surface area contributed by atoms with Crippen molar-refractivity contribution in [2.24, 2.45) is 0 Å². The van der Waals surface area contributed by atoms with Crippen LogP contribution in [-0.4, -0.2) is 33.2 Å². The highest BCUT2D eigenvalue weighted by molar-refractivity contribution is 6.51. The van der Waals surface area contributed by atoms with Gasteiger partial charge in [0.15, 0.2) is 6.29 Å². The molecule has 7 heteroatoms. The molecular formula is C31H27N3O4. The van der Waals surface area contributed by atoms with Gasteiger partial charge in [-0.15, -0.1) is 0 Å². The van der Waals surface area contributed by atoms with Crippen molar-refractivity contribution < 1.29 is 19.4 Å². The molecule has 1 aliphatic rings. The van der Waals surface area contributed by atoms with Gasteiger partial charge in [-0.2, -0.15) is 0 Å². The maximum absolute atomic E-state index is 13.1. The summed E-state index contributed by atoms with van der Waals surface area (Å²) in [7, 11) is 0. The second kappa shape index (κ2) is 9.78. The highest BCUT2D eigenvalue weighted by Crippen LogP contribution is 2.39. The van der Waals surface area contributed by atoms with E-state index in [-0.39, 0.29) is 0 Å². The number of H-pyrrole nitrogens is 2. The third-order valence-corrected chi connectivity index (χ3v) is 7.06. The number of aryl methyl sites for hydroxylation is 2. The monoisotopic (exact) mass is 505 g/mol. The summed E-state index contributed by atoms with van der Waals surface area (Å²) in [5.74, 6) is -0.812. The minimum atomic E-state index is -0.894. The molecule has 2 amide bonds. The number of imide groups is 1. The Labute approximate surface area is 219 Å². The van der Waals surface area contributed by atoms with Gasteiger partial charge < -0.3 is 19.8 Å². The lowest BCUT2D eigenvalue weighted by atomic mass is 9.93. The molecule has 3 heterocycles. The Balaban J connectivity index is 1.32. The van der Waals surface area contributed by atoms with Crippen LogP contribution in [0.5, 0.6) is 0 Å². The molecule has 0 saturated heterocycles. The highest BCUT2D eigenvalue weighted by atomic mass is 16.6. The van der Waals surface area contributed by atoms with Crippen molar-refractivity contribution in [2.75, 3.05) is 0 Å². The number of carbonyl (C=O) groups excluding carboxylic acids is 2. The van der Waals surface area contributed by atoms with Gasteiger partial charge in [-0.25, -0.2) is 0 Å². The van der Waals surface area contributed by atoms with Crippen molar-refractivity contribution in [1.29, 1.82) is 0 Å². The number of rotatable bonds is 8. The van der Waals surface area contributed by atoms with Crippen LogP contribution < -0.4 is 5.32 Å². The van der Waals surface area contributed by atoms with E-state index in [9.17, 15) is 14.7 Å². The van der Waals surface area contributed by atoms with Gasteiger partial charge in [-0.05, 0) is 42.7 Å². The average molecular weight is 506 g/mol. The van der Waals surface area contributed by atoms with Crippen LogP contribution in [0.2, 0.25) is 0 Å². The van der Waals surface area contributed by atoms with Crippen molar-refractivity contribution in [1.82, 2.24) is 15.3 Å². The first-order valence-corrected chi connectivity index (χ1v) is 12.6. The van der Waals surface area contributed by atoms with E-state index < -0.39 is 18.1 Å². The molecule has 1 atom stereocenters. The number of ether oxygens (including phenoxy) is 1. The Morgan fingerprint density at radius 3 is 2.45 bits per heavy atom. The first kappa shape index (κ1) is 23.9. The Bertz CT molecular complexity index is 1710. The van der Waals surface area contributed by atoms with Crippen molar-refractivity contribution in [3.8, 4) is 0 Å². The van der Waals surface area contributed by atoms with E-state index in [4.69, 9.17) is 4.74 Å². The molecule has 3 aromatic carbocycles. The number of aliphatic hydroxyl groups excluding tert-OH is 1. The molecule has 190 valence electrons. The van der Waals surface area contributed by atoms with Gasteiger partial charge in [0.25, 0.3) is 11.8 Å². The molecule has 0 bridgehead atoms. The Morgan fingerprint density at radius 1 is 0.842 bits per heavy atom. The van der Waals surface area contributed by atoms with Crippen LogP contribution in [-0.2, 0) is 27.4 Å². The van der Waals surface area contributed by atoms with Crippen LogP contribution in [0, 0.1) is 6.92 Å². The fourth-order valence-corrected chi connectivity index (χ4v) is 5.22. The summed E-state index contributed by atoms with van der Waals surface area (Å²) in [5, 5.41) is 14.6. The van der Waals surface area contributed by atoms with Crippen LogP contribution >= 0.6 is 0 Å². The summed E-state index contributed by atoms with van der Waals surface area (Å²) in [4.78, 5) is 32.8. The first-order chi connectivity index (χ1) is 18.5. The van der Waals surface area contributed by atoms with Crippen LogP contribution in [0.15, 0.2) is 79.0 Å². The summed E-state index contributed by atoms with van der Waals surface area (Å²) < 4.78 is 5.60. The number of amides is 2. The van der Waals surface area contributed by atoms with Gasteiger partial charge in [-0.1, -0.05) is 54.6 Å². The minimum Gasteiger partial charge on any atom is -0.368 e. The third kappa shape index (κ3) is 4.32. The van der Waals surface area contributed by atoms with Gasteiger partial charge >= 0.3 is 0 Å². The number of aromatic amines is 2. The van der Waals surface area contributed by atoms with E-state index in [0.717, 1.165) is 44.2 Å². The molecule has 5 aromatic rings. The Kier molecular flexibility index (Phi) is 6.15. The number of hydrogen-bond donors (Lipinski definition) is 4. The van der Waals surface area contributed by atoms with Crippen molar-refractivity contribution in [3.05, 3.63) is 107 Å². The predicted octanol–water partition coefficient (Wildman–Crippen LogP) is 4.99. The summed E-state index contributed by atoms with van der Waals surface area (Å²) in [6, 6.07) is 23.4. The maximum Gasteiger partial charge on any atom is 0.259 e. The fourth-order valence-electron chi connectivity index (χ4n) is 5.22. The Hall–Kier alpha value is -4.46. The molecule has 0 saturated carbocycles. The van der Waals surface area contributed by atoms with Crippen LogP contribution in [0.3, 0.4) is 0 Å². The summed E-state index contributed by atoms with van der Waals surface area (Å²) >= 11 is 0. The van der Waals surface area contributed by atoms with Gasteiger partial charge in [0.2, 0.25) is 0 Å². The number of benzene rings is 3. The standard InChI is InChI=1S/C31H27N3O4/c1-18-27(21-9-5-6-10-25(21)33-18)29-28(30(36)34-31(29)37)23-16-32-24-13-11-19(15-22(23)24)12-14-26(35)38-17-20-7-3-2-4-8-20/h2-11,13,15-16,26,32-33,35H,12,14,17H2,1H3,(H,34,36,37). The normalized spacial score (nSPS) is 14.6. The second-order valence-corrected chi connectivity index (χ2v) is 9.58. The number of para-hydroxylation sites is 1. The molecule has 0 radical (unpaired) electrons. The zero-order valence-electron chi connectivity index (χ0n) is 20.9. The van der Waals surface area contributed by atoms with Gasteiger partial charge in [-0.3, -0.25) is 14.9 Å². The molecule has 0 aliphatic carbocycles. The predicted molar refractivity (Wildman–Crippen MR) is 147 cm³/mol. The summed E-state index contributed by atoms with van der Waals surface area (Å²) in [5.41, 5.74) is 6.74. The lowest BCUT2D eigenvalue weighted by molar-refractivity contribution is -0.122. The molecule has 6 rings (SSSR count). The molecule has 38 heavy (non-hydrogen) atoms. The SMILES string of the molecule is Cc1[nH]c2ccccc2c1C1=C(c2c[nH]c3ccc(CCC(O)OCc4ccccc4)cc23)C(=O)NC1=O. The molecule has 4 N–H and O–H groups in total. The number of aromatic nitrogens is 2. The van der Waals surface area contributed by atoms with E-state index in [1.807, 2.05) is 79.7 Å². The van der Waals surface area contributed by atoms with Crippen molar-refractivity contribution in [2.45, 2.75) is 32.7 Å². The molecule has 0 fully saturated rings. The van der Waals surface area contributed by atoms with Gasteiger partial charge in [0, 0.05) is 51.2 Å².